The first-order valence-corrected chi connectivity index (χ1v) is 15.9. The average Bonchev–Trinajstić information content (AvgIpc) is 3.49. The normalized spacial score (nSPS) is 17.0. The highest BCUT2D eigenvalue weighted by molar-refractivity contribution is 6.25. The Kier molecular flexibility index (Phi) is 8.32. The maximum atomic E-state index is 5.93. The van der Waals surface area contributed by atoms with Gasteiger partial charge in [0.1, 0.15) is 0 Å². The number of hydrogen-bond acceptors (Lipinski definition) is 5. The van der Waals surface area contributed by atoms with Gasteiger partial charge in [0.05, 0.1) is 34.5 Å². The lowest BCUT2D eigenvalue weighted by molar-refractivity contribution is 0.211. The number of rotatable bonds is 8. The van der Waals surface area contributed by atoms with Crippen LogP contribution in [0.2, 0.25) is 0 Å². The third-order valence-corrected chi connectivity index (χ3v) is 9.28. The minimum Gasteiger partial charge on any atom is -0.493 e. The summed E-state index contributed by atoms with van der Waals surface area (Å²) >= 11 is 0. The van der Waals surface area contributed by atoms with Crippen LogP contribution in [-0.2, 0) is 13.1 Å². The third kappa shape index (κ3) is 5.57. The molecule has 0 saturated carbocycles. The van der Waals surface area contributed by atoms with E-state index in [1.54, 1.807) is 28.4 Å². The van der Waals surface area contributed by atoms with Crippen molar-refractivity contribution in [2.24, 2.45) is 0 Å². The molecule has 47 heavy (non-hydrogen) atoms. The van der Waals surface area contributed by atoms with E-state index < -0.39 is 0 Å². The smallest absolute Gasteiger partial charge is 0.161 e. The topological polar surface area (TPSA) is 40.2 Å². The Bertz CT molecular complexity index is 1980. The van der Waals surface area contributed by atoms with Crippen LogP contribution in [0, 0.1) is 6.92 Å². The molecular formula is C42H39NO4. The Hall–Kier alpha value is -5.26. The lowest BCUT2D eigenvalue weighted by Gasteiger charge is -2.41. The zero-order valence-corrected chi connectivity index (χ0v) is 27.5. The van der Waals surface area contributed by atoms with E-state index in [2.05, 4.69) is 127 Å². The lowest BCUT2D eigenvalue weighted by atomic mass is 9.78. The van der Waals surface area contributed by atoms with Crippen molar-refractivity contribution in [1.82, 2.24) is 4.90 Å². The Morgan fingerprint density at radius 1 is 0.638 bits per heavy atom. The number of aryl methyl sites for hydroxylation is 1. The van der Waals surface area contributed by atoms with E-state index in [9.17, 15) is 0 Å². The predicted molar refractivity (Wildman–Crippen MR) is 190 cm³/mol. The minimum absolute atomic E-state index is 0.0671. The molecule has 0 radical (unpaired) electrons. The number of ether oxygens (including phenoxy) is 4. The van der Waals surface area contributed by atoms with Crippen LogP contribution in [0.15, 0.2) is 109 Å². The molecule has 1 heterocycles. The first-order chi connectivity index (χ1) is 23.0. The van der Waals surface area contributed by atoms with Gasteiger partial charge in [0, 0.05) is 13.1 Å². The molecule has 5 nitrogen and oxygen atoms in total. The van der Waals surface area contributed by atoms with Crippen molar-refractivity contribution in [2.45, 2.75) is 26.1 Å². The summed E-state index contributed by atoms with van der Waals surface area (Å²) in [5.74, 6) is 2.83. The van der Waals surface area contributed by atoms with E-state index in [-0.39, 0.29) is 6.04 Å². The number of hydrogen-bond donors (Lipinski definition) is 0. The Morgan fingerprint density at radius 2 is 1.21 bits per heavy atom. The molecule has 7 rings (SSSR count). The van der Waals surface area contributed by atoms with Crippen molar-refractivity contribution in [3.05, 3.63) is 154 Å². The monoisotopic (exact) mass is 621 g/mol. The van der Waals surface area contributed by atoms with E-state index in [1.165, 1.54) is 33.4 Å². The summed E-state index contributed by atoms with van der Waals surface area (Å²) in [6, 6.07) is 38.8. The van der Waals surface area contributed by atoms with E-state index in [0.29, 0.717) is 17.2 Å². The van der Waals surface area contributed by atoms with Crippen LogP contribution in [0.1, 0.15) is 50.5 Å². The first kappa shape index (κ1) is 30.4. The molecular weight excluding hydrogens is 582 g/mol. The van der Waals surface area contributed by atoms with Gasteiger partial charge >= 0.3 is 0 Å². The fraction of sp³-hybridized carbons (Fsp3) is 0.190. The fourth-order valence-corrected chi connectivity index (χ4v) is 7.04. The SMILES string of the molecule is COc1cc2c(cc1OC)/C(=C1\c3cc(OC)c(OC)cc3CN(Cc3ccccc3)C1c1ccc(C)cc1)C(c1ccccc1)=C2. The Balaban J connectivity index is 1.60. The van der Waals surface area contributed by atoms with Gasteiger partial charge < -0.3 is 18.9 Å². The van der Waals surface area contributed by atoms with Gasteiger partial charge in [0.25, 0.3) is 0 Å². The Labute approximate surface area is 277 Å². The predicted octanol–water partition coefficient (Wildman–Crippen LogP) is 9.25. The third-order valence-electron chi connectivity index (χ3n) is 9.28. The van der Waals surface area contributed by atoms with Crippen LogP contribution >= 0.6 is 0 Å². The second-order valence-corrected chi connectivity index (χ2v) is 12.1. The molecule has 0 spiro atoms. The van der Waals surface area contributed by atoms with Gasteiger partial charge in [-0.2, -0.15) is 0 Å². The molecule has 0 saturated heterocycles. The zero-order valence-electron chi connectivity index (χ0n) is 27.5. The van der Waals surface area contributed by atoms with E-state index in [0.717, 1.165) is 46.7 Å². The number of methoxy groups -OCH3 is 4. The highest BCUT2D eigenvalue weighted by Gasteiger charge is 2.38. The zero-order chi connectivity index (χ0) is 32.5. The molecule has 5 aromatic rings. The maximum Gasteiger partial charge on any atom is 0.161 e. The van der Waals surface area contributed by atoms with E-state index in [4.69, 9.17) is 18.9 Å². The van der Waals surface area contributed by atoms with Crippen molar-refractivity contribution in [1.29, 1.82) is 0 Å². The molecule has 0 fully saturated rings. The van der Waals surface area contributed by atoms with Crippen LogP contribution in [0.25, 0.3) is 22.8 Å². The molecule has 0 aromatic heterocycles. The van der Waals surface area contributed by atoms with Gasteiger partial charge in [-0.05, 0) is 92.9 Å². The number of fused-ring (bicyclic) bond motifs is 2. The molecule has 1 aliphatic heterocycles. The molecule has 1 aliphatic carbocycles. The molecule has 2 aliphatic rings. The van der Waals surface area contributed by atoms with Gasteiger partial charge in [0.15, 0.2) is 23.0 Å². The molecule has 5 aromatic carbocycles. The first-order valence-electron chi connectivity index (χ1n) is 15.9. The second-order valence-electron chi connectivity index (χ2n) is 12.1. The van der Waals surface area contributed by atoms with E-state index >= 15 is 0 Å². The van der Waals surface area contributed by atoms with Crippen molar-refractivity contribution in [2.75, 3.05) is 28.4 Å². The minimum atomic E-state index is -0.0671. The summed E-state index contributed by atoms with van der Waals surface area (Å²) in [4.78, 5) is 2.58. The van der Waals surface area contributed by atoms with Crippen LogP contribution in [0.5, 0.6) is 23.0 Å². The van der Waals surface area contributed by atoms with E-state index in [1.807, 2.05) is 0 Å². The van der Waals surface area contributed by atoms with Crippen LogP contribution < -0.4 is 18.9 Å². The fourth-order valence-electron chi connectivity index (χ4n) is 7.04. The number of benzene rings is 5. The number of nitrogens with zero attached hydrogens (tertiary/aromatic N) is 1. The van der Waals surface area contributed by atoms with Crippen molar-refractivity contribution >= 4 is 22.8 Å². The summed E-state index contributed by atoms with van der Waals surface area (Å²) < 4.78 is 23.4. The average molecular weight is 622 g/mol. The summed E-state index contributed by atoms with van der Waals surface area (Å²) in [5.41, 5.74) is 12.9. The molecule has 0 N–H and O–H groups in total. The van der Waals surface area contributed by atoms with Crippen molar-refractivity contribution < 1.29 is 18.9 Å². The largest absolute Gasteiger partial charge is 0.493 e. The van der Waals surface area contributed by atoms with Gasteiger partial charge in [-0.3, -0.25) is 4.90 Å². The summed E-state index contributed by atoms with van der Waals surface area (Å²) in [6.07, 6.45) is 2.29. The molecule has 1 unspecified atom stereocenters. The van der Waals surface area contributed by atoms with Crippen LogP contribution in [-0.4, -0.2) is 33.3 Å². The van der Waals surface area contributed by atoms with Gasteiger partial charge in [0.2, 0.25) is 0 Å². The quantitative estimate of drug-likeness (QED) is 0.173. The van der Waals surface area contributed by atoms with Gasteiger partial charge in [-0.1, -0.05) is 90.5 Å². The van der Waals surface area contributed by atoms with Gasteiger partial charge in [-0.25, -0.2) is 0 Å². The summed E-state index contributed by atoms with van der Waals surface area (Å²) in [7, 11) is 6.79. The Morgan fingerprint density at radius 3 is 1.85 bits per heavy atom. The molecule has 0 amide bonds. The number of allylic oxidation sites excluding steroid dienone is 2. The van der Waals surface area contributed by atoms with Crippen LogP contribution in [0.3, 0.4) is 0 Å². The van der Waals surface area contributed by atoms with Crippen molar-refractivity contribution in [3.63, 3.8) is 0 Å². The highest BCUT2D eigenvalue weighted by Crippen LogP contribution is 2.55. The maximum absolute atomic E-state index is 5.93. The van der Waals surface area contributed by atoms with Crippen LogP contribution in [0.4, 0.5) is 0 Å². The summed E-state index contributed by atoms with van der Waals surface area (Å²) in [5, 5.41) is 0. The molecule has 0 bridgehead atoms. The lowest BCUT2D eigenvalue weighted by Crippen LogP contribution is -2.34. The summed E-state index contributed by atoms with van der Waals surface area (Å²) in [6.45, 7) is 3.65. The highest BCUT2D eigenvalue weighted by atomic mass is 16.5. The standard InChI is InChI=1S/C42H39NO4/c1-27-16-18-30(19-17-27)42-41(35-24-39(47-5)37(45-3)22-32(35)26-43(42)25-28-12-8-6-9-13-28)40-33(29-14-10-7-11-15-29)20-31-21-36(44-2)38(46-4)23-34(31)40/h6-24,42H,25-26H2,1-5H3/b41-40+. The molecule has 1 atom stereocenters. The molecule has 236 valence electrons. The van der Waals surface area contributed by atoms with Gasteiger partial charge in [-0.15, -0.1) is 0 Å². The molecule has 5 heteroatoms. The van der Waals surface area contributed by atoms with Crippen molar-refractivity contribution in [3.8, 4) is 23.0 Å². The second kappa shape index (κ2) is 12.9.